The molecule has 0 saturated carbocycles. The quantitative estimate of drug-likeness (QED) is 0.239. The summed E-state index contributed by atoms with van der Waals surface area (Å²) < 4.78 is 7.06. The topological polar surface area (TPSA) is 129 Å². The van der Waals surface area contributed by atoms with Gasteiger partial charge in [0.05, 0.1) is 5.56 Å². The maximum atomic E-state index is 14.1. The molecule has 1 saturated heterocycles. The van der Waals surface area contributed by atoms with Crippen molar-refractivity contribution in [2.24, 2.45) is 7.05 Å². The van der Waals surface area contributed by atoms with E-state index < -0.39 is 29.7 Å². The van der Waals surface area contributed by atoms with Gasteiger partial charge in [0, 0.05) is 54.7 Å². The number of hydrogen-bond donors (Lipinski definition) is 3. The molecule has 3 aromatic carbocycles. The molecule has 3 N–H and O–H groups in total. The number of amides is 3. The third-order valence-electron chi connectivity index (χ3n) is 7.75. The molecule has 0 bridgehead atoms. The first kappa shape index (κ1) is 35.0. The zero-order chi connectivity index (χ0) is 35.3. The van der Waals surface area contributed by atoms with Gasteiger partial charge < -0.3 is 30.3 Å². The van der Waals surface area contributed by atoms with Crippen molar-refractivity contribution in [3.05, 3.63) is 101 Å². The fraction of sp³-hybridized carbons (Fsp3) is 0.297. The molecule has 2 heterocycles. The van der Waals surface area contributed by atoms with E-state index in [4.69, 9.17) is 16.3 Å². The lowest BCUT2D eigenvalue weighted by molar-refractivity contribution is -0.143. The van der Waals surface area contributed by atoms with E-state index in [1.165, 1.54) is 11.0 Å². The number of aromatic nitrogens is 2. The van der Waals surface area contributed by atoms with Crippen LogP contribution in [0, 0.1) is 11.8 Å². The van der Waals surface area contributed by atoms with Crippen LogP contribution in [0.1, 0.15) is 43.5 Å². The highest BCUT2D eigenvalue weighted by atomic mass is 35.5. The van der Waals surface area contributed by atoms with E-state index in [0.29, 0.717) is 58.3 Å². The number of nitrogens with one attached hydrogen (secondary N) is 2. The van der Waals surface area contributed by atoms with Crippen LogP contribution < -0.4 is 10.6 Å². The van der Waals surface area contributed by atoms with Gasteiger partial charge >= 0.3 is 6.09 Å². The number of nitrogens with zero attached hydrogens (tertiary/aromatic N) is 4. The van der Waals surface area contributed by atoms with Crippen molar-refractivity contribution in [2.45, 2.75) is 38.5 Å². The first-order chi connectivity index (χ1) is 23.3. The third-order valence-corrected chi connectivity index (χ3v) is 7.98. The lowest BCUT2D eigenvalue weighted by Crippen LogP contribution is -2.60. The molecule has 49 heavy (non-hydrogen) atoms. The van der Waals surface area contributed by atoms with Gasteiger partial charge in [-0.1, -0.05) is 53.8 Å². The number of phenolic OH excluding ortho intramolecular Hbond substituents is 1. The number of phenols is 1. The summed E-state index contributed by atoms with van der Waals surface area (Å²) in [5.41, 5.74) is 2.65. The van der Waals surface area contributed by atoms with Crippen molar-refractivity contribution in [3.63, 3.8) is 0 Å². The van der Waals surface area contributed by atoms with Crippen LogP contribution in [0.5, 0.6) is 5.75 Å². The van der Waals surface area contributed by atoms with Crippen LogP contribution in [0.2, 0.25) is 5.02 Å². The Hall–Kier alpha value is -5.31. The number of benzene rings is 3. The van der Waals surface area contributed by atoms with E-state index in [1.807, 2.05) is 18.0 Å². The second-order valence-corrected chi connectivity index (χ2v) is 13.3. The molecule has 4 aromatic rings. The maximum Gasteiger partial charge on any atom is 0.408 e. The Labute approximate surface area is 290 Å². The van der Waals surface area contributed by atoms with Crippen LogP contribution in [0.3, 0.4) is 0 Å². The minimum atomic E-state index is -1.05. The predicted molar refractivity (Wildman–Crippen MR) is 188 cm³/mol. The van der Waals surface area contributed by atoms with Gasteiger partial charge in [-0.15, -0.1) is 0 Å². The Kier molecular flexibility index (Phi) is 10.6. The normalized spacial score (nSPS) is 15.5. The first-order valence-electron chi connectivity index (χ1n) is 15.8. The number of anilines is 1. The molecule has 254 valence electrons. The third kappa shape index (κ3) is 8.99. The maximum absolute atomic E-state index is 14.1. The molecule has 1 aromatic heterocycles. The largest absolute Gasteiger partial charge is 0.507 e. The number of likely N-dealkylation sites (N-methyl/N-ethyl adjacent to an activating group) is 1. The summed E-state index contributed by atoms with van der Waals surface area (Å²) in [6.07, 6.45) is 1.03. The van der Waals surface area contributed by atoms with Crippen LogP contribution in [0.4, 0.5) is 10.5 Å². The lowest BCUT2D eigenvalue weighted by Gasteiger charge is -2.40. The SMILES string of the molecule is CN1CCN(C(=O)[C@@H](NC(=O)OC(C)(C)C)c2ccccc2)[C@H](C(=O)Nc2ccc(C#Cc3cn(C)nc3-c3cc(Cl)ccc3O)cc2)C1. The summed E-state index contributed by atoms with van der Waals surface area (Å²) >= 11 is 6.15. The Morgan fingerprint density at radius 2 is 1.71 bits per heavy atom. The summed E-state index contributed by atoms with van der Waals surface area (Å²) in [5, 5.41) is 21.0. The molecule has 1 aliphatic rings. The summed E-state index contributed by atoms with van der Waals surface area (Å²) in [5.74, 6) is 5.51. The van der Waals surface area contributed by atoms with E-state index in [1.54, 1.807) is 99.4 Å². The number of ether oxygens (including phenoxy) is 1. The fourth-order valence-electron chi connectivity index (χ4n) is 5.41. The smallest absolute Gasteiger partial charge is 0.408 e. The number of carbonyl (C=O) groups is 3. The highest BCUT2D eigenvalue weighted by molar-refractivity contribution is 6.31. The molecule has 3 amide bonds. The Morgan fingerprint density at radius 3 is 2.41 bits per heavy atom. The van der Waals surface area contributed by atoms with Gasteiger partial charge in [-0.05, 0) is 75.8 Å². The molecule has 12 heteroatoms. The summed E-state index contributed by atoms with van der Waals surface area (Å²) in [7, 11) is 3.66. The highest BCUT2D eigenvalue weighted by Gasteiger charge is 2.38. The van der Waals surface area contributed by atoms with Gasteiger partial charge in [0.15, 0.2) is 0 Å². The van der Waals surface area contributed by atoms with Crippen molar-refractivity contribution in [2.75, 3.05) is 32.0 Å². The minimum absolute atomic E-state index is 0.0468. The molecule has 5 rings (SSSR count). The monoisotopic (exact) mass is 682 g/mol. The summed E-state index contributed by atoms with van der Waals surface area (Å²) in [4.78, 5) is 44.1. The van der Waals surface area contributed by atoms with E-state index in [2.05, 4.69) is 27.6 Å². The van der Waals surface area contributed by atoms with Crippen molar-refractivity contribution in [1.29, 1.82) is 0 Å². The molecule has 0 radical (unpaired) electrons. The van der Waals surface area contributed by atoms with E-state index >= 15 is 0 Å². The molecular formula is C37H39ClN6O5. The average Bonchev–Trinajstić information content (AvgIpc) is 3.43. The van der Waals surface area contributed by atoms with Crippen LogP contribution in [-0.4, -0.2) is 80.9 Å². The number of halogens is 1. The first-order valence-corrected chi connectivity index (χ1v) is 16.1. The van der Waals surface area contributed by atoms with Gasteiger partial charge in [-0.2, -0.15) is 5.10 Å². The zero-order valence-corrected chi connectivity index (χ0v) is 28.8. The van der Waals surface area contributed by atoms with Crippen molar-refractivity contribution in [3.8, 4) is 28.8 Å². The van der Waals surface area contributed by atoms with Gasteiger partial charge in [-0.25, -0.2) is 4.79 Å². The van der Waals surface area contributed by atoms with Crippen LogP contribution in [0.15, 0.2) is 79.0 Å². The van der Waals surface area contributed by atoms with Gasteiger partial charge in [-0.3, -0.25) is 14.3 Å². The zero-order valence-electron chi connectivity index (χ0n) is 28.0. The van der Waals surface area contributed by atoms with E-state index in [-0.39, 0.29) is 11.7 Å². The minimum Gasteiger partial charge on any atom is -0.507 e. The van der Waals surface area contributed by atoms with Gasteiger partial charge in [0.1, 0.15) is 29.1 Å². The molecule has 1 fully saturated rings. The number of piperazine rings is 1. The second-order valence-electron chi connectivity index (χ2n) is 12.8. The van der Waals surface area contributed by atoms with Gasteiger partial charge in [0.2, 0.25) is 5.91 Å². The molecule has 0 spiro atoms. The standard InChI is InChI=1S/C37H39ClN6O5/c1-37(2,3)49-36(48)40-33(25-9-7-6-8-10-25)35(47)44-20-19-42(4)23-30(44)34(46)39-28-16-12-24(13-17-28)11-14-26-22-43(5)41-32(26)29-21-27(38)15-18-31(29)45/h6-10,12-13,15-18,21-22,30,33,45H,19-20,23H2,1-5H3,(H,39,46)(H,40,48)/t30-,33-/m0/s1. The number of hydrogen-bond acceptors (Lipinski definition) is 7. The summed E-state index contributed by atoms with van der Waals surface area (Å²) in [6.45, 7) is 6.41. The summed E-state index contributed by atoms with van der Waals surface area (Å²) in [6, 6.07) is 18.8. The fourth-order valence-corrected chi connectivity index (χ4v) is 5.58. The van der Waals surface area contributed by atoms with E-state index in [0.717, 1.165) is 0 Å². The molecule has 2 atom stereocenters. The molecule has 11 nitrogen and oxygen atoms in total. The van der Waals surface area contributed by atoms with Crippen LogP contribution in [-0.2, 0) is 21.4 Å². The number of aryl methyl sites for hydroxylation is 1. The predicted octanol–water partition coefficient (Wildman–Crippen LogP) is 5.19. The molecular weight excluding hydrogens is 644 g/mol. The number of alkyl carbamates (subject to hydrolysis) is 1. The van der Waals surface area contributed by atoms with Crippen molar-refractivity contribution < 1.29 is 24.2 Å². The number of carbonyl (C=O) groups excluding carboxylic acids is 3. The van der Waals surface area contributed by atoms with Crippen molar-refractivity contribution >= 4 is 35.2 Å². The van der Waals surface area contributed by atoms with Crippen LogP contribution in [0.25, 0.3) is 11.3 Å². The Balaban J connectivity index is 1.32. The molecule has 0 aliphatic carbocycles. The number of rotatable bonds is 6. The Morgan fingerprint density at radius 1 is 1.00 bits per heavy atom. The Bertz CT molecular complexity index is 1890. The number of aromatic hydroxyl groups is 1. The van der Waals surface area contributed by atoms with Crippen LogP contribution >= 0.6 is 11.6 Å². The van der Waals surface area contributed by atoms with Gasteiger partial charge in [0.25, 0.3) is 5.91 Å². The second kappa shape index (κ2) is 14.8. The molecule has 0 unspecified atom stereocenters. The van der Waals surface area contributed by atoms with E-state index in [9.17, 15) is 19.5 Å². The lowest BCUT2D eigenvalue weighted by atomic mass is 10.0. The van der Waals surface area contributed by atoms with Crippen molar-refractivity contribution in [1.82, 2.24) is 24.9 Å². The average molecular weight is 683 g/mol. The highest BCUT2D eigenvalue weighted by Crippen LogP contribution is 2.32. The molecule has 1 aliphatic heterocycles.